The number of hydrogen-bond donors (Lipinski definition) is 4. The highest BCUT2D eigenvalue weighted by Gasteiger charge is 2.45. The second kappa shape index (κ2) is 4.11. The second-order valence-electron chi connectivity index (χ2n) is 4.00. The van der Waals surface area contributed by atoms with E-state index in [1.54, 1.807) is 0 Å². The van der Waals surface area contributed by atoms with Crippen LogP contribution in [0.25, 0.3) is 0 Å². The maximum atomic E-state index is 10.6. The van der Waals surface area contributed by atoms with Gasteiger partial charge in [-0.15, -0.1) is 0 Å². The fourth-order valence-corrected chi connectivity index (χ4v) is 2.09. The van der Waals surface area contributed by atoms with Gasteiger partial charge in [-0.1, -0.05) is 13.8 Å². The summed E-state index contributed by atoms with van der Waals surface area (Å²) in [4.78, 5) is 0. The fraction of sp³-hybridized carbons (Fsp3) is 1.00. The van der Waals surface area contributed by atoms with Gasteiger partial charge in [0.25, 0.3) is 10.1 Å². The zero-order valence-corrected chi connectivity index (χ0v) is 9.08. The van der Waals surface area contributed by atoms with Crippen LogP contribution in [0.2, 0.25) is 0 Å². The van der Waals surface area contributed by atoms with Crippen LogP contribution in [-0.2, 0) is 10.1 Å². The molecule has 0 rings (SSSR count). The number of nitrogens with two attached hydrogens (primary N) is 1. The summed E-state index contributed by atoms with van der Waals surface area (Å²) in [5, 5.41) is 18.8. The number of aliphatic hydroxyl groups is 2. The molecule has 0 saturated heterocycles. The molecule has 0 aromatic rings. The Morgan fingerprint density at radius 3 is 2.00 bits per heavy atom. The molecule has 0 heterocycles. The molecule has 6 nitrogen and oxygen atoms in total. The van der Waals surface area contributed by atoms with Gasteiger partial charge in [-0.3, -0.25) is 4.55 Å². The highest BCUT2D eigenvalue weighted by Crippen LogP contribution is 2.30. The van der Waals surface area contributed by atoms with E-state index in [4.69, 9.17) is 15.4 Å². The predicted octanol–water partition coefficient (Wildman–Crippen LogP) is -1.42. The molecule has 7 heteroatoms. The largest absolute Gasteiger partial charge is 0.396 e. The van der Waals surface area contributed by atoms with Crippen LogP contribution in [0.15, 0.2) is 0 Å². The SMILES string of the molecule is CC(C)(CO)C(O)(CN)CS(=O)(=O)O. The first-order valence-electron chi connectivity index (χ1n) is 4.06. The minimum Gasteiger partial charge on any atom is -0.396 e. The third kappa shape index (κ3) is 3.18. The third-order valence-electron chi connectivity index (χ3n) is 2.41. The normalized spacial score (nSPS) is 17.9. The van der Waals surface area contributed by atoms with Crippen LogP contribution < -0.4 is 5.73 Å². The molecule has 0 aromatic carbocycles. The maximum absolute atomic E-state index is 10.6. The summed E-state index contributed by atoms with van der Waals surface area (Å²) in [6.07, 6.45) is 0. The van der Waals surface area contributed by atoms with Crippen LogP contribution in [0.1, 0.15) is 13.8 Å². The van der Waals surface area contributed by atoms with Gasteiger partial charge in [0.05, 0.1) is 6.61 Å². The van der Waals surface area contributed by atoms with E-state index >= 15 is 0 Å². The molecule has 0 spiro atoms. The zero-order valence-electron chi connectivity index (χ0n) is 8.27. The van der Waals surface area contributed by atoms with Crippen molar-refractivity contribution in [1.82, 2.24) is 0 Å². The van der Waals surface area contributed by atoms with E-state index in [1.807, 2.05) is 0 Å². The van der Waals surface area contributed by atoms with Gasteiger partial charge in [-0.2, -0.15) is 8.42 Å². The molecule has 0 aliphatic heterocycles. The van der Waals surface area contributed by atoms with Gasteiger partial charge < -0.3 is 15.9 Å². The minimum atomic E-state index is -4.33. The van der Waals surface area contributed by atoms with E-state index in [9.17, 15) is 13.5 Å². The molecule has 86 valence electrons. The molecule has 1 unspecified atom stereocenters. The lowest BCUT2D eigenvalue weighted by Crippen LogP contribution is -2.56. The molecule has 0 bridgehead atoms. The Kier molecular flexibility index (Phi) is 4.05. The molecule has 14 heavy (non-hydrogen) atoms. The Morgan fingerprint density at radius 1 is 1.36 bits per heavy atom. The molecular formula is C7H17NO5S. The molecule has 0 saturated carbocycles. The summed E-state index contributed by atoms with van der Waals surface area (Å²) >= 11 is 0. The maximum Gasteiger partial charge on any atom is 0.267 e. The highest BCUT2D eigenvalue weighted by molar-refractivity contribution is 7.85. The van der Waals surface area contributed by atoms with Crippen LogP contribution in [0.4, 0.5) is 0 Å². The van der Waals surface area contributed by atoms with Crippen molar-refractivity contribution in [3.63, 3.8) is 0 Å². The van der Waals surface area contributed by atoms with E-state index in [2.05, 4.69) is 0 Å². The summed E-state index contributed by atoms with van der Waals surface area (Å²) in [5.41, 5.74) is 2.30. The molecule has 0 aliphatic rings. The van der Waals surface area contributed by atoms with Crippen molar-refractivity contribution in [3.05, 3.63) is 0 Å². The fourth-order valence-electron chi connectivity index (χ4n) is 0.979. The number of hydrogen-bond acceptors (Lipinski definition) is 5. The lowest BCUT2D eigenvalue weighted by molar-refractivity contribution is -0.0673. The second-order valence-corrected chi connectivity index (χ2v) is 5.46. The first-order chi connectivity index (χ1) is 6.08. The van der Waals surface area contributed by atoms with Crippen LogP contribution in [-0.4, -0.2) is 47.7 Å². The van der Waals surface area contributed by atoms with Crippen molar-refractivity contribution in [3.8, 4) is 0 Å². The van der Waals surface area contributed by atoms with Gasteiger partial charge >= 0.3 is 0 Å². The molecule has 5 N–H and O–H groups in total. The van der Waals surface area contributed by atoms with Crippen molar-refractivity contribution in [1.29, 1.82) is 0 Å². The molecule has 1 atom stereocenters. The summed E-state index contributed by atoms with van der Waals surface area (Å²) in [5.74, 6) is -0.885. The lowest BCUT2D eigenvalue weighted by Gasteiger charge is -2.39. The van der Waals surface area contributed by atoms with Gasteiger partial charge in [-0.05, 0) is 0 Å². The average Bonchev–Trinajstić information content (AvgIpc) is 2.01. The van der Waals surface area contributed by atoms with Crippen LogP contribution >= 0.6 is 0 Å². The van der Waals surface area contributed by atoms with Crippen molar-refractivity contribution >= 4 is 10.1 Å². The molecular weight excluding hydrogens is 210 g/mol. The monoisotopic (exact) mass is 227 g/mol. The first-order valence-corrected chi connectivity index (χ1v) is 5.67. The van der Waals surface area contributed by atoms with Crippen molar-refractivity contribution < 1.29 is 23.2 Å². The van der Waals surface area contributed by atoms with E-state index in [-0.39, 0.29) is 6.54 Å². The smallest absolute Gasteiger partial charge is 0.267 e. The van der Waals surface area contributed by atoms with E-state index in [0.29, 0.717) is 0 Å². The number of rotatable bonds is 5. The van der Waals surface area contributed by atoms with Crippen molar-refractivity contribution in [2.24, 2.45) is 11.1 Å². The molecule has 0 fully saturated rings. The predicted molar refractivity (Wildman–Crippen MR) is 51.3 cm³/mol. The van der Waals surface area contributed by atoms with Gasteiger partial charge in [0.2, 0.25) is 0 Å². The van der Waals surface area contributed by atoms with Crippen molar-refractivity contribution in [2.45, 2.75) is 19.4 Å². The molecule has 0 aliphatic carbocycles. The summed E-state index contributed by atoms with van der Waals surface area (Å²) in [6.45, 7) is 2.13. The third-order valence-corrected chi connectivity index (χ3v) is 3.26. The molecule has 0 amide bonds. The van der Waals surface area contributed by atoms with Gasteiger partial charge in [-0.25, -0.2) is 0 Å². The Morgan fingerprint density at radius 2 is 1.79 bits per heavy atom. The highest BCUT2D eigenvalue weighted by atomic mass is 32.2. The Balaban J connectivity index is 5.00. The van der Waals surface area contributed by atoms with E-state index < -0.39 is 33.5 Å². The van der Waals surface area contributed by atoms with Gasteiger partial charge in [0, 0.05) is 12.0 Å². The average molecular weight is 227 g/mol. The number of aliphatic hydroxyl groups excluding tert-OH is 1. The molecule has 0 aromatic heterocycles. The Hall–Kier alpha value is -0.210. The van der Waals surface area contributed by atoms with Crippen molar-refractivity contribution in [2.75, 3.05) is 18.9 Å². The standard InChI is InChI=1S/C7H17NO5S/c1-6(2,4-9)7(10,3-8)5-14(11,12)13/h9-10H,3-5,8H2,1-2H3,(H,11,12,13). The lowest BCUT2D eigenvalue weighted by atomic mass is 9.76. The first kappa shape index (κ1) is 13.8. The summed E-state index contributed by atoms with van der Waals surface area (Å²) < 4.78 is 29.9. The minimum absolute atomic E-state index is 0.361. The van der Waals surface area contributed by atoms with E-state index in [0.717, 1.165) is 0 Å². The zero-order chi connectivity index (χ0) is 11.6. The topological polar surface area (TPSA) is 121 Å². The van der Waals surface area contributed by atoms with Crippen LogP contribution in [0, 0.1) is 5.41 Å². The summed E-state index contributed by atoms with van der Waals surface area (Å²) in [7, 11) is -4.33. The van der Waals surface area contributed by atoms with Gasteiger partial charge in [0.15, 0.2) is 0 Å². The Labute approximate surface area is 83.5 Å². The van der Waals surface area contributed by atoms with Crippen LogP contribution in [0.3, 0.4) is 0 Å². The van der Waals surface area contributed by atoms with E-state index in [1.165, 1.54) is 13.8 Å². The summed E-state index contributed by atoms with van der Waals surface area (Å²) in [6, 6.07) is 0. The Bertz CT molecular complexity index is 286. The molecule has 0 radical (unpaired) electrons. The van der Waals surface area contributed by atoms with Gasteiger partial charge in [0.1, 0.15) is 11.4 Å². The quantitative estimate of drug-likeness (QED) is 0.428. The van der Waals surface area contributed by atoms with Crippen LogP contribution in [0.5, 0.6) is 0 Å².